The van der Waals surface area contributed by atoms with E-state index in [0.717, 1.165) is 57.2 Å². The number of fused-ring (bicyclic) bond motifs is 1. The number of nitrogens with zero attached hydrogens (tertiary/aromatic N) is 7. The molecule has 0 saturated carbocycles. The van der Waals surface area contributed by atoms with Crippen LogP contribution < -0.4 is 4.90 Å². The lowest BCUT2D eigenvalue weighted by Crippen LogP contribution is -2.43. The molecule has 2 atom stereocenters. The molecule has 2 aromatic heterocycles. The number of carbonyl (C=O) groups is 1. The lowest BCUT2D eigenvalue weighted by atomic mass is 9.80. The minimum absolute atomic E-state index is 0.0418. The summed E-state index contributed by atoms with van der Waals surface area (Å²) in [6.07, 6.45) is 7.41. The second-order valence-corrected chi connectivity index (χ2v) is 9.27. The Morgan fingerprint density at radius 3 is 2.73 bits per heavy atom. The Morgan fingerprint density at radius 2 is 2.07 bits per heavy atom. The van der Waals surface area contributed by atoms with Crippen molar-refractivity contribution in [2.75, 3.05) is 51.7 Å². The van der Waals surface area contributed by atoms with Crippen LogP contribution in [0.25, 0.3) is 0 Å². The highest BCUT2D eigenvalue weighted by molar-refractivity contribution is 5.92. The number of hydrogen-bond donors (Lipinski definition) is 0. The molecular formula is C22H33N7O. The van der Waals surface area contributed by atoms with Gasteiger partial charge in [0.05, 0.1) is 12.5 Å². The van der Waals surface area contributed by atoms with Gasteiger partial charge >= 0.3 is 0 Å². The van der Waals surface area contributed by atoms with Crippen molar-refractivity contribution in [2.24, 2.45) is 18.4 Å². The first-order valence-corrected chi connectivity index (χ1v) is 10.8. The van der Waals surface area contributed by atoms with E-state index < -0.39 is 0 Å². The van der Waals surface area contributed by atoms with Gasteiger partial charge in [-0.05, 0) is 27.4 Å². The first kappa shape index (κ1) is 20.8. The minimum atomic E-state index is 0.0418. The highest BCUT2D eigenvalue weighted by Crippen LogP contribution is 2.45. The fraction of sp³-hybridized carbons (Fsp3) is 0.636. The van der Waals surface area contributed by atoms with Gasteiger partial charge in [-0.1, -0.05) is 13.3 Å². The molecule has 30 heavy (non-hydrogen) atoms. The minimum Gasteiger partial charge on any atom is -0.355 e. The molecule has 0 unspecified atom stereocenters. The van der Waals surface area contributed by atoms with E-state index in [-0.39, 0.29) is 11.3 Å². The van der Waals surface area contributed by atoms with Crippen molar-refractivity contribution >= 4 is 11.7 Å². The van der Waals surface area contributed by atoms with Gasteiger partial charge in [0.15, 0.2) is 0 Å². The van der Waals surface area contributed by atoms with Gasteiger partial charge in [-0.15, -0.1) is 0 Å². The van der Waals surface area contributed by atoms with Gasteiger partial charge in [0, 0.05) is 62.9 Å². The van der Waals surface area contributed by atoms with E-state index in [0.29, 0.717) is 11.6 Å². The molecule has 2 saturated heterocycles. The topological polar surface area (TPSA) is 70.4 Å². The molecule has 2 fully saturated rings. The monoisotopic (exact) mass is 411 g/mol. The van der Waals surface area contributed by atoms with Crippen molar-refractivity contribution < 1.29 is 4.79 Å². The first-order valence-electron chi connectivity index (χ1n) is 10.8. The molecule has 2 aliphatic rings. The summed E-state index contributed by atoms with van der Waals surface area (Å²) in [5.74, 6) is 2.40. The molecule has 0 radical (unpaired) electrons. The van der Waals surface area contributed by atoms with Gasteiger partial charge in [-0.25, -0.2) is 15.0 Å². The van der Waals surface area contributed by atoms with E-state index in [1.165, 1.54) is 5.56 Å². The molecule has 0 aliphatic carbocycles. The lowest BCUT2D eigenvalue weighted by molar-refractivity contribution is 0.0756. The van der Waals surface area contributed by atoms with E-state index in [4.69, 9.17) is 4.98 Å². The van der Waals surface area contributed by atoms with Gasteiger partial charge < -0.3 is 19.3 Å². The van der Waals surface area contributed by atoms with Crippen LogP contribution in [0.3, 0.4) is 0 Å². The molecule has 2 aliphatic heterocycles. The van der Waals surface area contributed by atoms with E-state index in [1.807, 2.05) is 29.6 Å². The standard InChI is InChI=1S/C22H33N7O/c1-6-7-17-8-24-16(2)25-20(17)28-10-18-11-29(14-22(18,13-28)12-26(3)4)21(30)19-9-23-15-27(19)5/h8-9,15,18H,6-7,10-14H2,1-5H3/t18-,22+/m0/s1. The first-order chi connectivity index (χ1) is 14.3. The summed E-state index contributed by atoms with van der Waals surface area (Å²) in [5, 5.41) is 0. The van der Waals surface area contributed by atoms with Gasteiger partial charge in [0.25, 0.3) is 5.91 Å². The third kappa shape index (κ3) is 3.69. The highest BCUT2D eigenvalue weighted by Gasteiger charge is 2.54. The average Bonchev–Trinajstić information content (AvgIpc) is 3.34. The maximum absolute atomic E-state index is 13.1. The molecule has 0 spiro atoms. The number of hydrogen-bond acceptors (Lipinski definition) is 6. The SMILES string of the molecule is CCCc1cnc(C)nc1N1C[C@H]2CN(C(=O)c3cncn3C)C[C@@]2(CN(C)C)C1. The number of amides is 1. The molecule has 8 heteroatoms. The summed E-state index contributed by atoms with van der Waals surface area (Å²) in [6, 6.07) is 0. The summed E-state index contributed by atoms with van der Waals surface area (Å²) in [6.45, 7) is 8.49. The normalized spacial score (nSPS) is 23.5. The molecular weight excluding hydrogens is 378 g/mol. The van der Waals surface area contributed by atoms with Gasteiger partial charge in [-0.2, -0.15) is 0 Å². The lowest BCUT2D eigenvalue weighted by Gasteiger charge is -2.32. The molecule has 8 nitrogen and oxygen atoms in total. The molecule has 2 aromatic rings. The van der Waals surface area contributed by atoms with E-state index in [1.54, 1.807) is 12.5 Å². The number of imidazole rings is 1. The molecule has 162 valence electrons. The second kappa shape index (κ2) is 7.98. The Hall–Kier alpha value is -2.48. The van der Waals surface area contributed by atoms with Gasteiger partial charge in [-0.3, -0.25) is 4.79 Å². The smallest absolute Gasteiger partial charge is 0.272 e. The fourth-order valence-corrected chi connectivity index (χ4v) is 5.28. The van der Waals surface area contributed by atoms with E-state index >= 15 is 0 Å². The molecule has 4 rings (SSSR count). The summed E-state index contributed by atoms with van der Waals surface area (Å²) in [7, 11) is 6.12. The Morgan fingerprint density at radius 1 is 1.27 bits per heavy atom. The summed E-state index contributed by atoms with van der Waals surface area (Å²) >= 11 is 0. The van der Waals surface area contributed by atoms with Crippen LogP contribution in [0, 0.1) is 18.3 Å². The van der Waals surface area contributed by atoms with Crippen LogP contribution in [-0.4, -0.2) is 82.0 Å². The number of aromatic nitrogens is 4. The number of carbonyl (C=O) groups excluding carboxylic acids is 1. The summed E-state index contributed by atoms with van der Waals surface area (Å²) < 4.78 is 1.81. The maximum atomic E-state index is 13.1. The number of likely N-dealkylation sites (tertiary alicyclic amines) is 1. The second-order valence-electron chi connectivity index (χ2n) is 9.27. The van der Waals surface area contributed by atoms with Crippen molar-refractivity contribution in [3.63, 3.8) is 0 Å². The molecule has 4 heterocycles. The Labute approximate surface area is 178 Å². The summed E-state index contributed by atoms with van der Waals surface area (Å²) in [5.41, 5.74) is 1.93. The largest absolute Gasteiger partial charge is 0.355 e. The van der Waals surface area contributed by atoms with Gasteiger partial charge in [0.1, 0.15) is 17.3 Å². The van der Waals surface area contributed by atoms with Crippen molar-refractivity contribution in [3.05, 3.63) is 35.8 Å². The Balaban J connectivity index is 1.60. The highest BCUT2D eigenvalue weighted by atomic mass is 16.2. The average molecular weight is 412 g/mol. The van der Waals surface area contributed by atoms with Crippen LogP contribution in [0.2, 0.25) is 0 Å². The predicted molar refractivity (Wildman–Crippen MR) is 117 cm³/mol. The van der Waals surface area contributed by atoms with Crippen LogP contribution in [0.15, 0.2) is 18.7 Å². The Bertz CT molecular complexity index is 924. The third-order valence-electron chi connectivity index (χ3n) is 6.49. The molecule has 1 amide bonds. The summed E-state index contributed by atoms with van der Waals surface area (Å²) in [4.78, 5) is 33.3. The maximum Gasteiger partial charge on any atom is 0.272 e. The van der Waals surface area contributed by atoms with Crippen molar-refractivity contribution in [1.29, 1.82) is 0 Å². The van der Waals surface area contributed by atoms with Gasteiger partial charge in [0.2, 0.25) is 0 Å². The Kier molecular flexibility index (Phi) is 5.53. The van der Waals surface area contributed by atoms with E-state index in [2.05, 4.69) is 40.8 Å². The number of rotatable bonds is 6. The van der Waals surface area contributed by atoms with Crippen LogP contribution >= 0.6 is 0 Å². The van der Waals surface area contributed by atoms with Crippen molar-refractivity contribution in [3.8, 4) is 0 Å². The van der Waals surface area contributed by atoms with Crippen molar-refractivity contribution in [2.45, 2.75) is 26.7 Å². The van der Waals surface area contributed by atoms with Crippen LogP contribution in [0.4, 0.5) is 5.82 Å². The van der Waals surface area contributed by atoms with Crippen LogP contribution in [-0.2, 0) is 13.5 Å². The van der Waals surface area contributed by atoms with Crippen molar-refractivity contribution in [1.82, 2.24) is 29.3 Å². The quantitative estimate of drug-likeness (QED) is 0.719. The van der Waals surface area contributed by atoms with Crippen LogP contribution in [0.5, 0.6) is 0 Å². The zero-order valence-corrected chi connectivity index (χ0v) is 18.8. The third-order valence-corrected chi connectivity index (χ3v) is 6.49. The predicted octanol–water partition coefficient (Wildman–Crippen LogP) is 1.61. The number of aryl methyl sites for hydroxylation is 3. The van der Waals surface area contributed by atoms with Crippen LogP contribution in [0.1, 0.15) is 35.2 Å². The zero-order valence-electron chi connectivity index (χ0n) is 18.8. The molecule has 0 bridgehead atoms. The molecule has 0 aromatic carbocycles. The number of anilines is 1. The fourth-order valence-electron chi connectivity index (χ4n) is 5.28. The van der Waals surface area contributed by atoms with E-state index in [9.17, 15) is 4.79 Å². The molecule has 0 N–H and O–H groups in total. The zero-order chi connectivity index (χ0) is 21.5.